The van der Waals surface area contributed by atoms with Gasteiger partial charge in [0.2, 0.25) is 0 Å². The van der Waals surface area contributed by atoms with Crippen molar-refractivity contribution in [3.05, 3.63) is 0 Å². The zero-order valence-electron chi connectivity index (χ0n) is 28.6. The van der Waals surface area contributed by atoms with Gasteiger partial charge in [-0.15, -0.1) is 0 Å². The van der Waals surface area contributed by atoms with Crippen LogP contribution in [-0.4, -0.2) is 134 Å². The van der Waals surface area contributed by atoms with Gasteiger partial charge < -0.3 is 53.0 Å². The van der Waals surface area contributed by atoms with Gasteiger partial charge in [-0.2, -0.15) is 11.8 Å². The highest BCUT2D eigenvalue weighted by molar-refractivity contribution is 8.00. The highest BCUT2D eigenvalue weighted by Crippen LogP contribution is 2.37. The number of alkyl carbamates (subject to hydrolysis) is 2. The van der Waals surface area contributed by atoms with Crippen molar-refractivity contribution in [3.63, 3.8) is 0 Å². The quantitative estimate of drug-likeness (QED) is 0.0610. The van der Waals surface area contributed by atoms with Crippen LogP contribution in [0.25, 0.3) is 0 Å². The number of rotatable bonds is 30. The molecule has 50 heavy (non-hydrogen) atoms. The molecule has 4 unspecified atom stereocenters. The van der Waals surface area contributed by atoms with E-state index in [1.165, 1.54) is 18.9 Å². The van der Waals surface area contributed by atoms with Gasteiger partial charge in [0.15, 0.2) is 17.3 Å². The number of Topliss-reactive ketones (excluding diaryl/α,β-unsaturated/α-hetero) is 3. The van der Waals surface area contributed by atoms with E-state index in [2.05, 4.69) is 19.7 Å². The predicted octanol–water partition coefficient (Wildman–Crippen LogP) is 2.46. The molecule has 0 saturated heterocycles. The van der Waals surface area contributed by atoms with Crippen LogP contribution in [0.5, 0.6) is 0 Å². The van der Waals surface area contributed by atoms with Gasteiger partial charge in [-0.05, 0) is 37.9 Å². The number of methoxy groups -OCH3 is 2. The number of hydrogen-bond acceptors (Lipinski definition) is 16. The summed E-state index contributed by atoms with van der Waals surface area (Å²) in [5, 5.41) is 4.42. The Balaban J connectivity index is 0.0000240. The van der Waals surface area contributed by atoms with Gasteiger partial charge in [-0.3, -0.25) is 18.9 Å². The Bertz CT molecular complexity index is 1040. The van der Waals surface area contributed by atoms with E-state index in [-0.39, 0.29) is 59.8 Å². The lowest BCUT2D eigenvalue weighted by Crippen LogP contribution is -2.46. The third-order valence-corrected chi connectivity index (χ3v) is 9.31. The molecule has 1 saturated carbocycles. The second-order valence-corrected chi connectivity index (χ2v) is 13.6. The first kappa shape index (κ1) is 47.8. The lowest BCUT2D eigenvalue weighted by Gasteiger charge is -2.20. The first-order chi connectivity index (χ1) is 23.6. The number of phosphoric ester groups is 1. The van der Waals surface area contributed by atoms with Crippen LogP contribution >= 0.6 is 19.6 Å². The number of carbonyl (C=O) groups is 5. The Morgan fingerprint density at radius 2 is 1.42 bits per heavy atom. The molecule has 1 fully saturated rings. The first-order valence-corrected chi connectivity index (χ1v) is 18.8. The minimum absolute atomic E-state index is 0. The van der Waals surface area contributed by atoms with Gasteiger partial charge in [0.1, 0.15) is 19.1 Å². The number of nitrogens with one attached hydrogen (secondary N) is 2. The van der Waals surface area contributed by atoms with Crippen LogP contribution in [0, 0.1) is 5.92 Å². The summed E-state index contributed by atoms with van der Waals surface area (Å²) in [4.78, 5) is 75.2. The second kappa shape index (κ2) is 29.4. The number of unbranched alkanes of at least 4 members (excludes halogenated alkanes) is 4. The van der Waals surface area contributed by atoms with Crippen LogP contribution in [0.4, 0.5) is 9.59 Å². The monoisotopic (exact) mass is 759 g/mol. The van der Waals surface area contributed by atoms with Crippen molar-refractivity contribution < 1.29 is 70.9 Å². The lowest BCUT2D eigenvalue weighted by molar-refractivity contribution is -0.223. The van der Waals surface area contributed by atoms with E-state index in [1.807, 2.05) is 0 Å². The molecule has 1 aliphatic rings. The lowest BCUT2D eigenvalue weighted by atomic mass is 9.92. The van der Waals surface area contributed by atoms with Crippen LogP contribution < -0.4 is 15.5 Å². The molecule has 0 radical (unpaired) electrons. The van der Waals surface area contributed by atoms with Crippen molar-refractivity contribution >= 4 is 49.1 Å². The van der Waals surface area contributed by atoms with Gasteiger partial charge in [0, 0.05) is 34.3 Å². The van der Waals surface area contributed by atoms with Gasteiger partial charge in [-0.25, -0.2) is 9.59 Å². The maximum absolute atomic E-state index is 13.5. The Labute approximate surface area is 299 Å². The zero-order chi connectivity index (χ0) is 36.3. The van der Waals surface area contributed by atoms with E-state index in [4.69, 9.17) is 28.4 Å². The Morgan fingerprint density at radius 3 is 2.04 bits per heavy atom. The molecule has 0 aromatic rings. The van der Waals surface area contributed by atoms with E-state index in [9.17, 15) is 33.4 Å². The molecule has 4 atom stereocenters. The minimum atomic E-state index is -4.24. The van der Waals surface area contributed by atoms with Crippen LogP contribution in [0.15, 0.2) is 0 Å². The number of ether oxygens (including phenoxy) is 6. The topological polar surface area (TPSA) is 223 Å². The summed E-state index contributed by atoms with van der Waals surface area (Å²) < 4.78 is 50.4. The maximum Gasteiger partial charge on any atom is 0.407 e. The molecule has 292 valence electrons. The van der Waals surface area contributed by atoms with Crippen LogP contribution in [0.1, 0.15) is 58.8 Å². The number of ketones is 3. The zero-order valence-corrected chi connectivity index (χ0v) is 30.4. The standard InChI is InChI=1S/C30H53N2O15PS.CH4/c1-40-13-15-43-17-19-45-29(36)31-11-7-6-10-23(32-30(37)46-20-18-44-16-14-41-2)27(34)26-24(33)22-25(28(26)35)49-21-9-5-4-8-12-47-48(38,39)42-3;/h23,25-26H,4-22H2,1-3H3,(H,31,36)(H,32,37)(H,38,39);1H4/p-1. The molecule has 0 spiro atoms. The fraction of sp³-hybridized carbons (Fsp3) is 0.839. The molecule has 17 nitrogen and oxygen atoms in total. The van der Waals surface area contributed by atoms with Gasteiger partial charge in [0.25, 0.3) is 7.82 Å². The predicted molar refractivity (Wildman–Crippen MR) is 182 cm³/mol. The van der Waals surface area contributed by atoms with Crippen molar-refractivity contribution in [3.8, 4) is 0 Å². The maximum atomic E-state index is 13.5. The molecule has 0 aliphatic heterocycles. The Kier molecular flexibility index (Phi) is 28.2. The summed E-state index contributed by atoms with van der Waals surface area (Å²) in [6.45, 7) is 2.06. The van der Waals surface area contributed by atoms with E-state index in [1.54, 1.807) is 7.11 Å². The first-order valence-electron chi connectivity index (χ1n) is 16.3. The molecule has 19 heteroatoms. The van der Waals surface area contributed by atoms with Crippen molar-refractivity contribution in [2.24, 2.45) is 5.92 Å². The molecule has 0 aromatic heterocycles. The third-order valence-electron chi connectivity index (χ3n) is 7.04. The third kappa shape index (κ3) is 21.9. The van der Waals surface area contributed by atoms with Crippen molar-refractivity contribution in [2.45, 2.75) is 70.1 Å². The molecule has 1 aliphatic carbocycles. The average Bonchev–Trinajstić information content (AvgIpc) is 3.36. The highest BCUT2D eigenvalue weighted by atomic mass is 32.2. The second-order valence-electron chi connectivity index (χ2n) is 10.7. The highest BCUT2D eigenvalue weighted by Gasteiger charge is 2.47. The largest absolute Gasteiger partial charge is 0.756 e. The Hall–Kier alpha value is -2.15. The number of thioether (sulfide) groups is 1. The molecule has 0 bridgehead atoms. The molecule has 2 N–H and O–H groups in total. The van der Waals surface area contributed by atoms with Gasteiger partial charge in [-0.1, -0.05) is 20.3 Å². The van der Waals surface area contributed by atoms with Crippen LogP contribution in [-0.2, 0) is 56.4 Å². The van der Waals surface area contributed by atoms with Crippen molar-refractivity contribution in [1.29, 1.82) is 0 Å². The summed E-state index contributed by atoms with van der Waals surface area (Å²) in [5.41, 5.74) is 0. The van der Waals surface area contributed by atoms with E-state index in [0.717, 1.165) is 20.0 Å². The Morgan fingerprint density at radius 1 is 0.820 bits per heavy atom. The molecular weight excluding hydrogens is 703 g/mol. The SMILES string of the molecule is C.COCCOCCOC(=O)NCCCCC(NC(=O)OCCOCCOC)C(=O)C1C(=O)CC(SCCCCCCOP(=O)([O-])OC)C1=O. The van der Waals surface area contributed by atoms with Crippen molar-refractivity contribution in [1.82, 2.24) is 10.6 Å². The van der Waals surface area contributed by atoms with E-state index >= 15 is 0 Å². The van der Waals surface area contributed by atoms with Crippen molar-refractivity contribution in [2.75, 3.05) is 93.1 Å². The summed E-state index contributed by atoms with van der Waals surface area (Å²) in [6.07, 6.45) is 1.98. The molecule has 1 rings (SSSR count). The van der Waals surface area contributed by atoms with Crippen LogP contribution in [0.2, 0.25) is 0 Å². The fourth-order valence-corrected chi connectivity index (χ4v) is 6.15. The summed E-state index contributed by atoms with van der Waals surface area (Å²) in [6, 6.07) is -1.16. The van der Waals surface area contributed by atoms with E-state index < -0.39 is 54.6 Å². The minimum Gasteiger partial charge on any atom is -0.756 e. The molecular formula is C31H56N2O15PS-. The number of carbonyl (C=O) groups excluding carboxylic acids is 5. The molecule has 2 amide bonds. The van der Waals surface area contributed by atoms with Gasteiger partial charge in [0.05, 0.1) is 57.5 Å². The fourth-order valence-electron chi connectivity index (χ4n) is 4.46. The normalized spacial score (nSPS) is 17.4. The number of amides is 2. The summed E-state index contributed by atoms with van der Waals surface area (Å²) >= 11 is 1.30. The van der Waals surface area contributed by atoms with E-state index in [0.29, 0.717) is 57.9 Å². The average molecular weight is 760 g/mol. The smallest absolute Gasteiger partial charge is 0.407 e. The van der Waals surface area contributed by atoms with Crippen LogP contribution in [0.3, 0.4) is 0 Å². The van der Waals surface area contributed by atoms with Gasteiger partial charge >= 0.3 is 12.2 Å². The summed E-state index contributed by atoms with van der Waals surface area (Å²) in [5.74, 6) is -2.59. The molecule has 0 aromatic carbocycles. The number of phosphoric acid groups is 1. The summed E-state index contributed by atoms with van der Waals surface area (Å²) in [7, 11) is -0.134. The molecule has 0 heterocycles. The number of hydrogen-bond donors (Lipinski definition) is 2.